The van der Waals surface area contributed by atoms with E-state index in [1.165, 1.54) is 22.9 Å². The van der Waals surface area contributed by atoms with E-state index in [1.807, 2.05) is 18.3 Å². The molecule has 2 fully saturated rings. The summed E-state index contributed by atoms with van der Waals surface area (Å²) in [4.78, 5) is 20.0. The molecule has 1 saturated heterocycles. The highest BCUT2D eigenvalue weighted by Gasteiger charge is 2.33. The van der Waals surface area contributed by atoms with Crippen molar-refractivity contribution in [2.75, 3.05) is 13.1 Å². The predicted molar refractivity (Wildman–Crippen MR) is 123 cm³/mol. The number of aryl methyl sites for hydroxylation is 1. The number of piperidine rings is 1. The van der Waals surface area contributed by atoms with Crippen LogP contribution >= 0.6 is 0 Å². The maximum Gasteiger partial charge on any atom is 0.223 e. The smallest absolute Gasteiger partial charge is 0.223 e. The number of carbonyl (C=O) groups excluding carboxylic acids is 1. The summed E-state index contributed by atoms with van der Waals surface area (Å²) in [6.45, 7) is 3.03. The van der Waals surface area contributed by atoms with Crippen molar-refractivity contribution in [2.24, 2.45) is 18.9 Å². The van der Waals surface area contributed by atoms with E-state index in [0.717, 1.165) is 51.0 Å². The average Bonchev–Trinajstić information content (AvgIpc) is 3.07. The third-order valence-corrected chi connectivity index (χ3v) is 7.17. The fourth-order valence-corrected chi connectivity index (χ4v) is 5.23. The summed E-state index contributed by atoms with van der Waals surface area (Å²) in [7, 11) is 2.12. The van der Waals surface area contributed by atoms with Crippen molar-refractivity contribution in [3.63, 3.8) is 0 Å². The van der Waals surface area contributed by atoms with Crippen LogP contribution in [0.5, 0.6) is 0 Å². The molecule has 5 nitrogen and oxygen atoms in total. The van der Waals surface area contributed by atoms with Crippen molar-refractivity contribution in [1.29, 1.82) is 0 Å². The van der Waals surface area contributed by atoms with Gasteiger partial charge in [0.15, 0.2) is 0 Å². The van der Waals surface area contributed by atoms with E-state index in [4.69, 9.17) is 0 Å². The van der Waals surface area contributed by atoms with E-state index in [0.29, 0.717) is 5.92 Å². The molecule has 0 bridgehead atoms. The highest BCUT2D eigenvalue weighted by Crippen LogP contribution is 2.33. The second-order valence-electron chi connectivity index (χ2n) is 9.29. The zero-order valence-corrected chi connectivity index (χ0v) is 18.3. The van der Waals surface area contributed by atoms with Crippen LogP contribution in [0.1, 0.15) is 49.4 Å². The number of nitrogens with zero attached hydrogens (tertiary/aromatic N) is 3. The van der Waals surface area contributed by atoms with Gasteiger partial charge < -0.3 is 9.88 Å². The van der Waals surface area contributed by atoms with E-state index in [9.17, 15) is 4.79 Å². The van der Waals surface area contributed by atoms with Gasteiger partial charge in [-0.05, 0) is 61.9 Å². The molecule has 1 N–H and O–H groups in total. The number of carbonyl (C=O) groups is 1. The number of pyridine rings is 1. The van der Waals surface area contributed by atoms with Gasteiger partial charge in [-0.3, -0.25) is 14.7 Å². The number of rotatable bonds is 6. The van der Waals surface area contributed by atoms with Gasteiger partial charge in [-0.15, -0.1) is 0 Å². The monoisotopic (exact) mass is 416 g/mol. The number of hydrogen-bond donors (Lipinski definition) is 1. The largest absolute Gasteiger partial charge is 0.350 e. The first-order chi connectivity index (χ1) is 15.2. The molecular formula is C26H32N4O. The summed E-state index contributed by atoms with van der Waals surface area (Å²) in [5, 5.41) is 4.73. The molecule has 162 valence electrons. The van der Waals surface area contributed by atoms with Gasteiger partial charge in [0.05, 0.1) is 11.7 Å². The zero-order valence-electron chi connectivity index (χ0n) is 18.3. The summed E-state index contributed by atoms with van der Waals surface area (Å²) >= 11 is 0. The molecule has 5 rings (SSSR count). The van der Waals surface area contributed by atoms with Crippen LogP contribution in [0.3, 0.4) is 0 Å². The highest BCUT2D eigenvalue weighted by atomic mass is 16.2. The minimum Gasteiger partial charge on any atom is -0.350 e. The normalized spacial score (nSPS) is 21.0. The Kier molecular flexibility index (Phi) is 5.77. The number of benzene rings is 1. The Morgan fingerprint density at radius 1 is 1.13 bits per heavy atom. The fourth-order valence-electron chi connectivity index (χ4n) is 5.23. The number of amides is 1. The second-order valence-corrected chi connectivity index (χ2v) is 9.29. The minimum absolute atomic E-state index is 0.00961. The Bertz CT molecular complexity index is 1040. The summed E-state index contributed by atoms with van der Waals surface area (Å²) in [6.07, 6.45) is 9.61. The first-order valence-electron chi connectivity index (χ1n) is 11.7. The fraction of sp³-hybridized carbons (Fsp3) is 0.462. The number of para-hydroxylation sites is 1. The molecule has 1 aromatic carbocycles. The molecule has 0 radical (unpaired) electrons. The van der Waals surface area contributed by atoms with E-state index in [2.05, 4.69) is 63.3 Å². The highest BCUT2D eigenvalue weighted by molar-refractivity contribution is 5.83. The summed E-state index contributed by atoms with van der Waals surface area (Å²) in [5.41, 5.74) is 3.66. The summed E-state index contributed by atoms with van der Waals surface area (Å²) in [5.74, 6) is 0.789. The molecule has 1 aliphatic heterocycles. The summed E-state index contributed by atoms with van der Waals surface area (Å²) in [6, 6.07) is 14.7. The Morgan fingerprint density at radius 3 is 2.74 bits per heavy atom. The van der Waals surface area contributed by atoms with Crippen molar-refractivity contribution in [2.45, 2.75) is 44.7 Å². The molecule has 1 saturated carbocycles. The van der Waals surface area contributed by atoms with E-state index in [1.54, 1.807) is 0 Å². The SMILES string of the molecule is Cn1cc(CN2CCC[C@H]([C@H](NC(=O)C3CCC3)c3ccccn3)C2)c2ccccc21. The van der Waals surface area contributed by atoms with Gasteiger partial charge in [-0.1, -0.05) is 30.7 Å². The number of aromatic nitrogens is 2. The van der Waals surface area contributed by atoms with Crippen molar-refractivity contribution >= 4 is 16.8 Å². The molecule has 2 atom stereocenters. The van der Waals surface area contributed by atoms with Gasteiger partial charge >= 0.3 is 0 Å². The Morgan fingerprint density at radius 2 is 1.97 bits per heavy atom. The van der Waals surface area contributed by atoms with E-state index < -0.39 is 0 Å². The van der Waals surface area contributed by atoms with Crippen molar-refractivity contribution in [3.05, 3.63) is 66.1 Å². The van der Waals surface area contributed by atoms with Crippen LogP contribution in [-0.2, 0) is 18.4 Å². The topological polar surface area (TPSA) is 50.2 Å². The molecule has 2 aromatic heterocycles. The molecule has 31 heavy (non-hydrogen) atoms. The molecular weight excluding hydrogens is 384 g/mol. The number of likely N-dealkylation sites (tertiary alicyclic amines) is 1. The third-order valence-electron chi connectivity index (χ3n) is 7.17. The first-order valence-corrected chi connectivity index (χ1v) is 11.7. The Labute approximate surface area is 184 Å². The van der Waals surface area contributed by atoms with Crippen LogP contribution in [0.25, 0.3) is 10.9 Å². The minimum atomic E-state index is -0.00961. The van der Waals surface area contributed by atoms with E-state index in [-0.39, 0.29) is 17.9 Å². The van der Waals surface area contributed by atoms with Crippen LogP contribution in [-0.4, -0.2) is 33.4 Å². The van der Waals surface area contributed by atoms with Crippen LogP contribution in [0.15, 0.2) is 54.9 Å². The van der Waals surface area contributed by atoms with Crippen molar-refractivity contribution in [3.8, 4) is 0 Å². The van der Waals surface area contributed by atoms with Crippen molar-refractivity contribution < 1.29 is 4.79 Å². The summed E-state index contributed by atoms with van der Waals surface area (Å²) < 4.78 is 2.22. The molecule has 1 aliphatic carbocycles. The number of nitrogens with one attached hydrogen (secondary N) is 1. The van der Waals surface area contributed by atoms with Gasteiger partial charge in [0.1, 0.15) is 0 Å². The van der Waals surface area contributed by atoms with Crippen molar-refractivity contribution in [1.82, 2.24) is 19.8 Å². The molecule has 0 unspecified atom stereocenters. The van der Waals surface area contributed by atoms with Gasteiger partial charge in [-0.25, -0.2) is 0 Å². The molecule has 5 heteroatoms. The molecule has 3 heterocycles. The maximum absolute atomic E-state index is 12.8. The van der Waals surface area contributed by atoms with Crippen LogP contribution in [0.2, 0.25) is 0 Å². The number of fused-ring (bicyclic) bond motifs is 1. The van der Waals surface area contributed by atoms with Crippen LogP contribution < -0.4 is 5.32 Å². The third kappa shape index (κ3) is 4.24. The standard InChI is InChI=1S/C26H32N4O/c1-29-16-21(22-11-2-3-13-24(22)29)18-30-15-7-10-20(17-30)25(23-12-4-5-14-27-23)28-26(31)19-8-6-9-19/h2-5,11-14,16,19-20,25H,6-10,15,17-18H2,1H3,(H,28,31)/t20-,25-/m0/s1. The second kappa shape index (κ2) is 8.83. The van der Waals surface area contributed by atoms with Crippen LogP contribution in [0, 0.1) is 11.8 Å². The zero-order chi connectivity index (χ0) is 21.2. The first kappa shape index (κ1) is 20.3. The lowest BCUT2D eigenvalue weighted by Crippen LogP contribution is -2.45. The molecule has 2 aliphatic rings. The lowest BCUT2D eigenvalue weighted by atomic mass is 9.83. The quantitative estimate of drug-likeness (QED) is 0.646. The Balaban J connectivity index is 1.34. The van der Waals surface area contributed by atoms with Crippen LogP contribution in [0.4, 0.5) is 0 Å². The van der Waals surface area contributed by atoms with Gasteiger partial charge in [-0.2, -0.15) is 0 Å². The average molecular weight is 417 g/mol. The van der Waals surface area contributed by atoms with Gasteiger partial charge in [0, 0.05) is 49.4 Å². The van der Waals surface area contributed by atoms with E-state index >= 15 is 0 Å². The molecule has 1 amide bonds. The van der Waals surface area contributed by atoms with Gasteiger partial charge in [0.25, 0.3) is 0 Å². The number of hydrogen-bond acceptors (Lipinski definition) is 3. The molecule has 3 aromatic rings. The Hall–Kier alpha value is -2.66. The molecule has 0 spiro atoms. The predicted octanol–water partition coefficient (Wildman–Crippen LogP) is 4.44. The maximum atomic E-state index is 12.8. The lowest BCUT2D eigenvalue weighted by molar-refractivity contribution is -0.128. The van der Waals surface area contributed by atoms with Gasteiger partial charge in [0.2, 0.25) is 5.91 Å². The lowest BCUT2D eigenvalue weighted by Gasteiger charge is -2.38.